The van der Waals surface area contributed by atoms with Crippen LogP contribution in [0, 0.1) is 29.0 Å². The van der Waals surface area contributed by atoms with Crippen LogP contribution in [0.1, 0.15) is 0 Å². The monoisotopic (exact) mass is 168 g/mol. The smallest absolute Gasteiger partial charge is 0.174 e. The number of benzene rings is 1. The molecule has 61 valence electrons. The summed E-state index contributed by atoms with van der Waals surface area (Å²) in [4.78, 5) is 0. The Labute approximate surface area is 68.0 Å². The topological polar surface area (TPSA) is 33.0 Å². The van der Waals surface area contributed by atoms with Gasteiger partial charge < -0.3 is 4.74 Å². The van der Waals surface area contributed by atoms with Gasteiger partial charge in [-0.05, 0) is 6.07 Å². The Morgan fingerprint density at radius 1 is 1.50 bits per heavy atom. The van der Waals surface area contributed by atoms with Gasteiger partial charge in [0.25, 0.3) is 0 Å². The van der Waals surface area contributed by atoms with Gasteiger partial charge in [0.2, 0.25) is 0 Å². The van der Waals surface area contributed by atoms with Crippen LogP contribution in [0.3, 0.4) is 0 Å². The second-order valence-electron chi connectivity index (χ2n) is 1.94. The van der Waals surface area contributed by atoms with Crippen molar-refractivity contribution in [2.45, 2.75) is 0 Å². The molecule has 0 aromatic heterocycles. The SMILES string of the molecule is N#CCOc1[c]cc(F)c(F)c1. The van der Waals surface area contributed by atoms with Gasteiger partial charge in [0.05, 0.1) is 0 Å². The van der Waals surface area contributed by atoms with Crippen LogP contribution in [0.15, 0.2) is 12.1 Å². The number of rotatable bonds is 2. The van der Waals surface area contributed by atoms with Crippen molar-refractivity contribution in [2.24, 2.45) is 0 Å². The number of nitriles is 1. The largest absolute Gasteiger partial charge is 0.478 e. The molecule has 2 nitrogen and oxygen atoms in total. The molecular weight excluding hydrogens is 164 g/mol. The first kappa shape index (κ1) is 8.47. The van der Waals surface area contributed by atoms with E-state index in [0.717, 1.165) is 12.1 Å². The molecule has 0 bridgehead atoms. The molecule has 1 radical (unpaired) electrons. The van der Waals surface area contributed by atoms with E-state index in [9.17, 15) is 8.78 Å². The zero-order chi connectivity index (χ0) is 8.97. The lowest BCUT2D eigenvalue weighted by molar-refractivity contribution is 0.362. The zero-order valence-electron chi connectivity index (χ0n) is 5.97. The second kappa shape index (κ2) is 3.67. The van der Waals surface area contributed by atoms with E-state index in [-0.39, 0.29) is 12.4 Å². The molecular formula is C8H4F2NO. The van der Waals surface area contributed by atoms with E-state index >= 15 is 0 Å². The van der Waals surface area contributed by atoms with Gasteiger partial charge in [0.15, 0.2) is 18.2 Å². The van der Waals surface area contributed by atoms with Gasteiger partial charge in [-0.1, -0.05) is 0 Å². The highest BCUT2D eigenvalue weighted by Crippen LogP contribution is 2.13. The molecule has 0 atom stereocenters. The van der Waals surface area contributed by atoms with Gasteiger partial charge in [0.1, 0.15) is 11.8 Å². The van der Waals surface area contributed by atoms with Gasteiger partial charge in [-0.15, -0.1) is 0 Å². The zero-order valence-corrected chi connectivity index (χ0v) is 5.97. The van der Waals surface area contributed by atoms with Crippen LogP contribution in [0.4, 0.5) is 8.78 Å². The Morgan fingerprint density at radius 3 is 2.83 bits per heavy atom. The van der Waals surface area contributed by atoms with E-state index in [1.54, 1.807) is 6.07 Å². The fourth-order valence-electron chi connectivity index (χ4n) is 0.623. The average Bonchev–Trinajstić information content (AvgIpc) is 2.07. The van der Waals surface area contributed by atoms with Crippen LogP contribution >= 0.6 is 0 Å². The first-order valence-corrected chi connectivity index (χ1v) is 3.10. The predicted octanol–water partition coefficient (Wildman–Crippen LogP) is 1.67. The Bertz CT molecular complexity index is 319. The van der Waals surface area contributed by atoms with E-state index in [4.69, 9.17) is 5.26 Å². The summed E-state index contributed by atoms with van der Waals surface area (Å²) in [5.41, 5.74) is 0. The minimum absolute atomic E-state index is 0.0236. The van der Waals surface area contributed by atoms with Gasteiger partial charge in [-0.25, -0.2) is 8.78 Å². The van der Waals surface area contributed by atoms with E-state index in [0.29, 0.717) is 0 Å². The normalized spacial score (nSPS) is 9.08. The minimum Gasteiger partial charge on any atom is -0.478 e. The summed E-state index contributed by atoms with van der Waals surface area (Å²) in [6, 6.07) is 5.68. The van der Waals surface area contributed by atoms with Crippen molar-refractivity contribution < 1.29 is 13.5 Å². The lowest BCUT2D eigenvalue weighted by Gasteiger charge is -1.99. The number of hydrogen-bond donors (Lipinski definition) is 0. The molecule has 4 heteroatoms. The van der Waals surface area contributed by atoms with Crippen LogP contribution in [0.5, 0.6) is 5.75 Å². The molecule has 0 unspecified atom stereocenters. The second-order valence-corrected chi connectivity index (χ2v) is 1.94. The highest BCUT2D eigenvalue weighted by Gasteiger charge is 2.02. The summed E-state index contributed by atoms with van der Waals surface area (Å²) in [5, 5.41) is 8.09. The fraction of sp³-hybridized carbons (Fsp3) is 0.125. The average molecular weight is 168 g/mol. The van der Waals surface area contributed by atoms with Crippen molar-refractivity contribution in [3.63, 3.8) is 0 Å². The summed E-state index contributed by atoms with van der Waals surface area (Å²) < 4.78 is 29.4. The lowest BCUT2D eigenvalue weighted by atomic mass is 10.3. The highest BCUT2D eigenvalue weighted by atomic mass is 19.2. The maximum Gasteiger partial charge on any atom is 0.174 e. The van der Waals surface area contributed by atoms with Gasteiger partial charge in [-0.3, -0.25) is 0 Å². The number of hydrogen-bond acceptors (Lipinski definition) is 2. The maximum atomic E-state index is 12.4. The van der Waals surface area contributed by atoms with E-state index in [1.165, 1.54) is 0 Å². The van der Waals surface area contributed by atoms with Crippen LogP contribution in [0.25, 0.3) is 0 Å². The fourth-order valence-corrected chi connectivity index (χ4v) is 0.623. The third-order valence-electron chi connectivity index (χ3n) is 1.12. The molecule has 0 N–H and O–H groups in total. The molecule has 12 heavy (non-hydrogen) atoms. The van der Waals surface area contributed by atoms with Gasteiger partial charge in [-0.2, -0.15) is 5.26 Å². The molecule has 1 aromatic rings. The molecule has 0 aliphatic heterocycles. The van der Waals surface area contributed by atoms with E-state index in [2.05, 4.69) is 10.8 Å². The van der Waals surface area contributed by atoms with Crippen molar-refractivity contribution in [2.75, 3.05) is 6.61 Å². The van der Waals surface area contributed by atoms with Crippen molar-refractivity contribution in [1.29, 1.82) is 5.26 Å². The number of halogens is 2. The summed E-state index contributed by atoms with van der Waals surface area (Å²) in [6.45, 7) is -0.207. The van der Waals surface area contributed by atoms with Gasteiger partial charge >= 0.3 is 0 Å². The number of nitrogens with zero attached hydrogens (tertiary/aromatic N) is 1. The molecule has 0 saturated carbocycles. The molecule has 0 aliphatic carbocycles. The summed E-state index contributed by atoms with van der Waals surface area (Å²) in [5.74, 6) is -1.98. The van der Waals surface area contributed by atoms with Crippen LogP contribution in [0.2, 0.25) is 0 Å². The van der Waals surface area contributed by atoms with Crippen LogP contribution in [-0.2, 0) is 0 Å². The highest BCUT2D eigenvalue weighted by molar-refractivity contribution is 5.22. The summed E-state index contributed by atoms with van der Waals surface area (Å²) in [7, 11) is 0. The van der Waals surface area contributed by atoms with Crippen molar-refractivity contribution in [1.82, 2.24) is 0 Å². The van der Waals surface area contributed by atoms with E-state index < -0.39 is 11.6 Å². The van der Waals surface area contributed by atoms with Crippen molar-refractivity contribution in [3.05, 3.63) is 29.8 Å². The Balaban J connectivity index is 2.77. The Morgan fingerprint density at radius 2 is 2.25 bits per heavy atom. The van der Waals surface area contributed by atoms with Crippen LogP contribution < -0.4 is 4.74 Å². The molecule has 0 fully saturated rings. The maximum absolute atomic E-state index is 12.4. The predicted molar refractivity (Wildman–Crippen MR) is 36.3 cm³/mol. The Hall–Kier alpha value is -1.63. The number of ether oxygens (including phenoxy) is 1. The molecule has 0 heterocycles. The Kier molecular flexibility index (Phi) is 2.59. The van der Waals surface area contributed by atoms with Crippen LogP contribution in [-0.4, -0.2) is 6.61 Å². The summed E-state index contributed by atoms with van der Waals surface area (Å²) in [6.07, 6.45) is 0. The molecule has 0 amide bonds. The molecule has 0 spiro atoms. The molecule has 1 rings (SSSR count). The minimum atomic E-state index is -1.01. The third kappa shape index (κ3) is 1.92. The molecule has 0 saturated heterocycles. The standard InChI is InChI=1S/C8H4F2NO/c9-7-2-1-6(5-8(7)10)12-4-3-11/h2,5H,4H2. The van der Waals surface area contributed by atoms with Crippen molar-refractivity contribution in [3.8, 4) is 11.8 Å². The van der Waals surface area contributed by atoms with Gasteiger partial charge in [0, 0.05) is 12.1 Å². The quantitative estimate of drug-likeness (QED) is 0.672. The third-order valence-corrected chi connectivity index (χ3v) is 1.12. The molecule has 1 aromatic carbocycles. The molecule has 0 aliphatic rings. The van der Waals surface area contributed by atoms with E-state index in [1.807, 2.05) is 0 Å². The lowest BCUT2D eigenvalue weighted by Crippen LogP contribution is -1.94. The first-order valence-electron chi connectivity index (χ1n) is 3.10. The first-order chi connectivity index (χ1) is 5.74. The van der Waals surface area contributed by atoms with Crippen molar-refractivity contribution >= 4 is 0 Å². The summed E-state index contributed by atoms with van der Waals surface area (Å²) >= 11 is 0.